The smallest absolute Gasteiger partial charge is 0.338 e. The Bertz CT molecular complexity index is 708. The predicted molar refractivity (Wildman–Crippen MR) is 86.6 cm³/mol. The first-order chi connectivity index (χ1) is 11.6. The quantitative estimate of drug-likeness (QED) is 0.461. The third-order valence-electron chi connectivity index (χ3n) is 3.97. The second kappa shape index (κ2) is 7.23. The number of carbonyl (C=O) groups excluding carboxylic acids is 1. The Kier molecular flexibility index (Phi) is 4.86. The van der Waals surface area contributed by atoms with Crippen molar-refractivity contribution in [2.75, 3.05) is 0 Å². The van der Waals surface area contributed by atoms with Crippen LogP contribution >= 0.6 is 0 Å². The number of nitro groups is 1. The number of non-ortho nitro benzene ring substituents is 1. The molecule has 1 saturated carbocycles. The van der Waals surface area contributed by atoms with E-state index in [1.54, 1.807) is 0 Å². The lowest BCUT2D eigenvalue weighted by molar-refractivity contribution is -0.384. The molecule has 124 valence electrons. The fraction of sp³-hybridized carbons (Fsp3) is 0.278. The molecule has 0 saturated heterocycles. The molecule has 0 N–H and O–H groups in total. The summed E-state index contributed by atoms with van der Waals surface area (Å²) < 4.78 is 11.1. The number of benzene rings is 2. The molecule has 0 atom stereocenters. The lowest BCUT2D eigenvalue weighted by Crippen LogP contribution is -2.38. The highest BCUT2D eigenvalue weighted by Gasteiger charge is 2.33. The number of rotatable bonds is 6. The summed E-state index contributed by atoms with van der Waals surface area (Å²) in [7, 11) is 0. The average Bonchev–Trinajstić information content (AvgIpc) is 2.57. The molecular formula is C18H17NO5. The molecule has 6 nitrogen and oxygen atoms in total. The number of carbonyl (C=O) groups is 1. The number of esters is 1. The van der Waals surface area contributed by atoms with E-state index in [9.17, 15) is 14.9 Å². The van der Waals surface area contributed by atoms with E-state index in [-0.39, 0.29) is 17.9 Å². The van der Waals surface area contributed by atoms with Gasteiger partial charge in [0.15, 0.2) is 0 Å². The minimum absolute atomic E-state index is 0.0513. The zero-order valence-electron chi connectivity index (χ0n) is 13.0. The monoisotopic (exact) mass is 327 g/mol. The van der Waals surface area contributed by atoms with Gasteiger partial charge in [-0.15, -0.1) is 0 Å². The highest BCUT2D eigenvalue weighted by Crippen LogP contribution is 2.28. The number of nitrogens with zero attached hydrogens (tertiary/aromatic N) is 1. The first-order valence-electron chi connectivity index (χ1n) is 7.73. The van der Waals surface area contributed by atoms with Gasteiger partial charge in [-0.1, -0.05) is 30.3 Å². The molecule has 1 aliphatic rings. The molecule has 6 heteroatoms. The summed E-state index contributed by atoms with van der Waals surface area (Å²) >= 11 is 0. The van der Waals surface area contributed by atoms with Crippen molar-refractivity contribution in [1.29, 1.82) is 0 Å². The van der Waals surface area contributed by atoms with Gasteiger partial charge in [-0.2, -0.15) is 0 Å². The van der Waals surface area contributed by atoms with E-state index in [1.165, 1.54) is 24.3 Å². The molecule has 0 amide bonds. The number of nitro benzene ring substituents is 1. The first kappa shape index (κ1) is 16.1. The fourth-order valence-corrected chi connectivity index (χ4v) is 2.48. The Morgan fingerprint density at radius 1 is 1.04 bits per heavy atom. The summed E-state index contributed by atoms with van der Waals surface area (Å²) in [5.41, 5.74) is 1.38. The van der Waals surface area contributed by atoms with Crippen molar-refractivity contribution in [2.24, 2.45) is 0 Å². The summed E-state index contributed by atoms with van der Waals surface area (Å²) in [5, 5.41) is 10.6. The lowest BCUT2D eigenvalue weighted by atomic mass is 9.92. The summed E-state index contributed by atoms with van der Waals surface area (Å²) in [6.45, 7) is 0.550. The Hall–Kier alpha value is -2.73. The molecule has 0 unspecified atom stereocenters. The number of hydrogen-bond acceptors (Lipinski definition) is 5. The molecule has 0 heterocycles. The van der Waals surface area contributed by atoms with E-state index in [0.29, 0.717) is 25.0 Å². The van der Waals surface area contributed by atoms with Crippen LogP contribution in [0.25, 0.3) is 0 Å². The van der Waals surface area contributed by atoms with Crippen LogP contribution in [0, 0.1) is 10.1 Å². The Morgan fingerprint density at radius 2 is 1.71 bits per heavy atom. The van der Waals surface area contributed by atoms with Crippen LogP contribution in [0.4, 0.5) is 5.69 Å². The van der Waals surface area contributed by atoms with Gasteiger partial charge in [0.2, 0.25) is 0 Å². The van der Waals surface area contributed by atoms with Crippen LogP contribution in [0.3, 0.4) is 0 Å². The average molecular weight is 327 g/mol. The fourth-order valence-electron chi connectivity index (χ4n) is 2.48. The van der Waals surface area contributed by atoms with Gasteiger partial charge in [0.05, 0.1) is 23.2 Å². The predicted octanol–water partition coefficient (Wildman–Crippen LogP) is 3.50. The van der Waals surface area contributed by atoms with Crippen molar-refractivity contribution < 1.29 is 19.2 Å². The summed E-state index contributed by atoms with van der Waals surface area (Å²) in [5.74, 6) is -0.462. The molecule has 0 bridgehead atoms. The topological polar surface area (TPSA) is 78.7 Å². The third kappa shape index (κ3) is 3.97. The standard InChI is InChI=1S/C18H17NO5/c20-18(14-6-8-15(9-7-14)19(21)22)24-17-10-16(11-17)23-12-13-4-2-1-3-5-13/h1-9,16-17H,10-12H2. The first-order valence-corrected chi connectivity index (χ1v) is 7.73. The Balaban J connectivity index is 1.42. The van der Waals surface area contributed by atoms with E-state index < -0.39 is 10.9 Å². The van der Waals surface area contributed by atoms with Crippen molar-refractivity contribution >= 4 is 11.7 Å². The van der Waals surface area contributed by atoms with Crippen LogP contribution in [0.5, 0.6) is 0 Å². The minimum atomic E-state index is -0.504. The maximum absolute atomic E-state index is 12.0. The second-order valence-corrected chi connectivity index (χ2v) is 5.72. The lowest BCUT2D eigenvalue weighted by Gasteiger charge is -2.34. The molecule has 2 aromatic rings. The van der Waals surface area contributed by atoms with Crippen molar-refractivity contribution in [3.8, 4) is 0 Å². The molecule has 2 aromatic carbocycles. The van der Waals surface area contributed by atoms with Gasteiger partial charge >= 0.3 is 5.97 Å². The number of ether oxygens (including phenoxy) is 2. The van der Waals surface area contributed by atoms with Gasteiger partial charge in [-0.25, -0.2) is 4.79 Å². The van der Waals surface area contributed by atoms with E-state index in [2.05, 4.69) is 0 Å². The van der Waals surface area contributed by atoms with Crippen LogP contribution in [0.2, 0.25) is 0 Å². The van der Waals surface area contributed by atoms with Gasteiger partial charge in [0, 0.05) is 25.0 Å². The maximum Gasteiger partial charge on any atom is 0.338 e. The minimum Gasteiger partial charge on any atom is -0.459 e. The zero-order chi connectivity index (χ0) is 16.9. The highest BCUT2D eigenvalue weighted by molar-refractivity contribution is 5.89. The molecule has 24 heavy (non-hydrogen) atoms. The van der Waals surface area contributed by atoms with Crippen molar-refractivity contribution in [2.45, 2.75) is 31.7 Å². The van der Waals surface area contributed by atoms with Gasteiger partial charge < -0.3 is 9.47 Å². The molecular weight excluding hydrogens is 310 g/mol. The van der Waals surface area contributed by atoms with Crippen LogP contribution in [-0.4, -0.2) is 23.1 Å². The third-order valence-corrected chi connectivity index (χ3v) is 3.97. The number of hydrogen-bond donors (Lipinski definition) is 0. The Labute approximate surface area is 139 Å². The summed E-state index contributed by atoms with van der Waals surface area (Å²) in [6, 6.07) is 15.3. The second-order valence-electron chi connectivity index (χ2n) is 5.72. The van der Waals surface area contributed by atoms with Gasteiger partial charge in [-0.3, -0.25) is 10.1 Å². The van der Waals surface area contributed by atoms with Crippen LogP contribution in [0.1, 0.15) is 28.8 Å². The van der Waals surface area contributed by atoms with Crippen molar-refractivity contribution in [3.63, 3.8) is 0 Å². The molecule has 0 aliphatic heterocycles. The van der Waals surface area contributed by atoms with Crippen LogP contribution in [-0.2, 0) is 16.1 Å². The molecule has 0 aromatic heterocycles. The molecule has 1 aliphatic carbocycles. The van der Waals surface area contributed by atoms with Gasteiger partial charge in [0.25, 0.3) is 5.69 Å². The Morgan fingerprint density at radius 3 is 2.33 bits per heavy atom. The SMILES string of the molecule is O=C(OC1CC(OCc2ccccc2)C1)c1ccc([N+](=O)[O-])cc1. The van der Waals surface area contributed by atoms with Crippen molar-refractivity contribution in [1.82, 2.24) is 0 Å². The van der Waals surface area contributed by atoms with Gasteiger partial charge in [0.1, 0.15) is 6.10 Å². The van der Waals surface area contributed by atoms with Crippen LogP contribution in [0.15, 0.2) is 54.6 Å². The summed E-state index contributed by atoms with van der Waals surface area (Å²) in [4.78, 5) is 22.1. The van der Waals surface area contributed by atoms with Crippen LogP contribution < -0.4 is 0 Å². The summed E-state index contributed by atoms with van der Waals surface area (Å²) in [6.07, 6.45) is 1.28. The highest BCUT2D eigenvalue weighted by atomic mass is 16.6. The zero-order valence-corrected chi connectivity index (χ0v) is 13.0. The molecule has 0 spiro atoms. The van der Waals surface area contributed by atoms with E-state index >= 15 is 0 Å². The maximum atomic E-state index is 12.0. The normalized spacial score (nSPS) is 19.3. The molecule has 1 fully saturated rings. The van der Waals surface area contributed by atoms with Gasteiger partial charge in [-0.05, 0) is 17.7 Å². The van der Waals surface area contributed by atoms with E-state index in [0.717, 1.165) is 5.56 Å². The molecule has 3 rings (SSSR count). The largest absolute Gasteiger partial charge is 0.459 e. The van der Waals surface area contributed by atoms with E-state index in [1.807, 2.05) is 30.3 Å². The van der Waals surface area contributed by atoms with E-state index in [4.69, 9.17) is 9.47 Å². The van der Waals surface area contributed by atoms with Crippen molar-refractivity contribution in [3.05, 3.63) is 75.8 Å². The molecule has 0 radical (unpaired) electrons.